The van der Waals surface area contributed by atoms with Crippen molar-refractivity contribution in [3.8, 4) is 0 Å². The van der Waals surface area contributed by atoms with E-state index in [1.165, 1.54) is 0 Å². The predicted molar refractivity (Wildman–Crippen MR) is 59.7 cm³/mol. The van der Waals surface area contributed by atoms with Gasteiger partial charge in [-0.25, -0.2) is 0 Å². The van der Waals surface area contributed by atoms with E-state index in [1.54, 1.807) is 0 Å². The summed E-state index contributed by atoms with van der Waals surface area (Å²) in [5.41, 5.74) is -3.42. The summed E-state index contributed by atoms with van der Waals surface area (Å²) in [7, 11) is 0. The molecule has 1 N–H and O–H groups in total. The minimum absolute atomic E-state index is 0.292. The number of nitro groups is 1. The van der Waals surface area contributed by atoms with Crippen LogP contribution in [-0.4, -0.2) is 21.8 Å². The molecule has 1 rings (SSSR count). The van der Waals surface area contributed by atoms with Crippen LogP contribution in [0, 0.1) is 10.1 Å². The Morgan fingerprint density at radius 3 is 2.30 bits per heavy atom. The van der Waals surface area contributed by atoms with E-state index in [0.717, 1.165) is 0 Å². The minimum atomic E-state index is -5.01. The maximum Gasteiger partial charge on any atom is 0.418 e. The van der Waals surface area contributed by atoms with E-state index in [2.05, 4.69) is 0 Å². The highest BCUT2D eigenvalue weighted by Gasteiger charge is 2.37. The quantitative estimate of drug-likeness (QED) is 0.399. The van der Waals surface area contributed by atoms with Gasteiger partial charge in [-0.15, -0.1) is 0 Å². The second-order valence-corrected chi connectivity index (χ2v) is 3.98. The molecule has 0 saturated heterocycles. The summed E-state index contributed by atoms with van der Waals surface area (Å²) in [5, 5.41) is 17.9. The second-order valence-electron chi connectivity index (χ2n) is 3.61. The lowest BCUT2D eigenvalue weighted by molar-refractivity contribution is -0.385. The highest BCUT2D eigenvalue weighted by molar-refractivity contribution is 6.33. The minimum Gasteiger partial charge on any atom is -0.481 e. The molecule has 6 nitrogen and oxygen atoms in total. The zero-order valence-electron chi connectivity index (χ0n) is 9.40. The number of carbonyl (C=O) groups is 2. The highest BCUT2D eigenvalue weighted by Crippen LogP contribution is 2.40. The Hall–Kier alpha value is -2.16. The van der Waals surface area contributed by atoms with E-state index in [1.807, 2.05) is 0 Å². The molecule has 0 amide bonds. The summed E-state index contributed by atoms with van der Waals surface area (Å²) in [6.07, 6.45) is -6.10. The number of carbonyl (C=O) groups excluding carboxylic acids is 1. The third-order valence-corrected chi connectivity index (χ3v) is 2.59. The van der Waals surface area contributed by atoms with Gasteiger partial charge < -0.3 is 5.11 Å². The normalized spacial score (nSPS) is 11.2. The van der Waals surface area contributed by atoms with Crippen LogP contribution in [0.3, 0.4) is 0 Å². The van der Waals surface area contributed by atoms with Crippen LogP contribution >= 0.6 is 11.6 Å². The number of nitrogens with zero attached hydrogens (tertiary/aromatic N) is 1. The SMILES string of the molecule is O=C(O)CC(=O)c1cc([N+](=O)[O-])c(Cl)c(C(F)(F)F)c1. The van der Waals surface area contributed by atoms with Gasteiger partial charge in [-0.3, -0.25) is 19.7 Å². The molecule has 0 aliphatic carbocycles. The van der Waals surface area contributed by atoms with Gasteiger partial charge in [0.05, 0.1) is 10.5 Å². The number of benzene rings is 1. The first kappa shape index (κ1) is 15.9. The van der Waals surface area contributed by atoms with Crippen molar-refractivity contribution in [2.75, 3.05) is 0 Å². The molecule has 1 aromatic carbocycles. The number of aliphatic carboxylic acids is 1. The fourth-order valence-corrected chi connectivity index (χ4v) is 1.63. The molecule has 108 valence electrons. The van der Waals surface area contributed by atoms with Crippen molar-refractivity contribution in [3.63, 3.8) is 0 Å². The van der Waals surface area contributed by atoms with Gasteiger partial charge in [0.2, 0.25) is 0 Å². The van der Waals surface area contributed by atoms with E-state index in [-0.39, 0.29) is 0 Å². The van der Waals surface area contributed by atoms with Gasteiger partial charge in [-0.1, -0.05) is 11.6 Å². The van der Waals surface area contributed by atoms with Crippen LogP contribution in [0.1, 0.15) is 22.3 Å². The summed E-state index contributed by atoms with van der Waals surface area (Å²) in [6.45, 7) is 0. The van der Waals surface area contributed by atoms with Crippen LogP contribution < -0.4 is 0 Å². The van der Waals surface area contributed by atoms with Crippen LogP contribution in [0.4, 0.5) is 18.9 Å². The second kappa shape index (κ2) is 5.45. The molecule has 0 heterocycles. The lowest BCUT2D eigenvalue weighted by atomic mass is 10.0. The summed E-state index contributed by atoms with van der Waals surface area (Å²) in [6, 6.07) is 0.809. The van der Waals surface area contributed by atoms with Crippen molar-refractivity contribution in [1.82, 2.24) is 0 Å². The molecule has 0 atom stereocenters. The topological polar surface area (TPSA) is 97.5 Å². The summed E-state index contributed by atoms with van der Waals surface area (Å²) >= 11 is 5.28. The van der Waals surface area contributed by atoms with E-state index in [0.29, 0.717) is 12.1 Å². The van der Waals surface area contributed by atoms with Crippen LogP contribution in [0.2, 0.25) is 5.02 Å². The number of carboxylic acids is 1. The van der Waals surface area contributed by atoms with Gasteiger partial charge in [-0.05, 0) is 6.07 Å². The maximum atomic E-state index is 12.7. The number of carboxylic acid groups (broad SMARTS) is 1. The Morgan fingerprint density at radius 2 is 1.90 bits per heavy atom. The third kappa shape index (κ3) is 3.44. The highest BCUT2D eigenvalue weighted by atomic mass is 35.5. The third-order valence-electron chi connectivity index (χ3n) is 2.19. The molecular weight excluding hydrogens is 307 g/mol. The van der Waals surface area contributed by atoms with E-state index < -0.39 is 51.1 Å². The fraction of sp³-hybridized carbons (Fsp3) is 0.200. The number of alkyl halides is 3. The molecule has 0 spiro atoms. The Labute approximate surface area is 113 Å². The molecular formula is C10H5ClF3NO5. The Morgan fingerprint density at radius 1 is 1.35 bits per heavy atom. The summed E-state index contributed by atoms with van der Waals surface area (Å²) in [5.74, 6) is -2.76. The van der Waals surface area contributed by atoms with Gasteiger partial charge >= 0.3 is 12.1 Å². The van der Waals surface area contributed by atoms with Crippen LogP contribution in [-0.2, 0) is 11.0 Å². The molecule has 0 aliphatic rings. The van der Waals surface area contributed by atoms with E-state index >= 15 is 0 Å². The number of ketones is 1. The Kier molecular flexibility index (Phi) is 4.33. The van der Waals surface area contributed by atoms with Gasteiger partial charge in [-0.2, -0.15) is 13.2 Å². The van der Waals surface area contributed by atoms with Crippen molar-refractivity contribution in [2.24, 2.45) is 0 Å². The van der Waals surface area contributed by atoms with Gasteiger partial charge in [0, 0.05) is 11.6 Å². The zero-order valence-corrected chi connectivity index (χ0v) is 10.2. The average Bonchev–Trinajstić information content (AvgIpc) is 2.25. The van der Waals surface area contributed by atoms with Gasteiger partial charge in [0.25, 0.3) is 5.69 Å². The molecule has 0 aromatic heterocycles. The maximum absolute atomic E-state index is 12.7. The number of nitro benzene ring substituents is 1. The lowest BCUT2D eigenvalue weighted by Gasteiger charge is -2.10. The Balaban J connectivity index is 3.48. The Bertz CT molecular complexity index is 599. The lowest BCUT2D eigenvalue weighted by Crippen LogP contribution is -2.12. The van der Waals surface area contributed by atoms with Crippen molar-refractivity contribution in [2.45, 2.75) is 12.6 Å². The molecule has 0 bridgehead atoms. The van der Waals surface area contributed by atoms with E-state index in [4.69, 9.17) is 16.7 Å². The molecule has 0 unspecified atom stereocenters. The van der Waals surface area contributed by atoms with Crippen LogP contribution in [0.15, 0.2) is 12.1 Å². The first-order valence-corrected chi connectivity index (χ1v) is 5.22. The number of hydrogen-bond acceptors (Lipinski definition) is 4. The summed E-state index contributed by atoms with van der Waals surface area (Å²) in [4.78, 5) is 31.2. The molecule has 0 radical (unpaired) electrons. The van der Waals surface area contributed by atoms with E-state index in [9.17, 15) is 32.9 Å². The van der Waals surface area contributed by atoms with Crippen molar-refractivity contribution in [1.29, 1.82) is 0 Å². The first-order chi connectivity index (χ1) is 9.04. The van der Waals surface area contributed by atoms with Crippen LogP contribution in [0.25, 0.3) is 0 Å². The number of halogens is 4. The fourth-order valence-electron chi connectivity index (χ4n) is 1.35. The first-order valence-electron chi connectivity index (χ1n) is 4.84. The van der Waals surface area contributed by atoms with Crippen molar-refractivity contribution >= 4 is 29.0 Å². The van der Waals surface area contributed by atoms with Gasteiger partial charge in [0.1, 0.15) is 11.4 Å². The molecule has 20 heavy (non-hydrogen) atoms. The predicted octanol–water partition coefficient (Wildman–Crippen LogP) is 2.92. The number of hydrogen-bond donors (Lipinski definition) is 1. The largest absolute Gasteiger partial charge is 0.481 e. The molecule has 1 aromatic rings. The smallest absolute Gasteiger partial charge is 0.418 e. The molecule has 10 heteroatoms. The van der Waals surface area contributed by atoms with Crippen molar-refractivity contribution < 1.29 is 32.8 Å². The van der Waals surface area contributed by atoms with Crippen molar-refractivity contribution in [3.05, 3.63) is 38.4 Å². The monoisotopic (exact) mass is 311 g/mol. The van der Waals surface area contributed by atoms with Crippen LogP contribution in [0.5, 0.6) is 0 Å². The zero-order chi connectivity index (χ0) is 15.7. The molecule has 0 fully saturated rings. The average molecular weight is 312 g/mol. The van der Waals surface area contributed by atoms with Gasteiger partial charge in [0.15, 0.2) is 5.78 Å². The number of rotatable bonds is 4. The summed E-state index contributed by atoms with van der Waals surface area (Å²) < 4.78 is 38.0. The molecule has 0 saturated carbocycles. The molecule has 0 aliphatic heterocycles. The number of Topliss-reactive ketones (excluding diaryl/α,β-unsaturated/α-hetero) is 1. The standard InChI is InChI=1S/C10H5ClF3NO5/c11-9-5(10(12,13)14)1-4(2-6(9)15(19)20)7(16)3-8(17)18/h1-2H,3H2,(H,17,18).